The maximum atomic E-state index is 12.9. The predicted octanol–water partition coefficient (Wildman–Crippen LogP) is 3.37. The van der Waals surface area contributed by atoms with E-state index in [1.165, 1.54) is 16.9 Å². The van der Waals surface area contributed by atoms with Gasteiger partial charge in [0.25, 0.3) is 0 Å². The molecule has 3 N–H and O–H groups in total. The molecule has 0 saturated carbocycles. The number of rotatable bonds is 9. The van der Waals surface area contributed by atoms with E-state index in [-0.39, 0.29) is 12.5 Å². The molecule has 1 aromatic heterocycles. The molecule has 1 aliphatic carbocycles. The first-order chi connectivity index (χ1) is 16.9. The van der Waals surface area contributed by atoms with E-state index in [9.17, 15) is 19.5 Å². The van der Waals surface area contributed by atoms with Crippen LogP contribution in [0.25, 0.3) is 11.1 Å². The Morgan fingerprint density at radius 1 is 1.03 bits per heavy atom. The number of carboxylic acids is 1. The molecular formula is C26H28N4O5. The third kappa shape index (κ3) is 5.03. The zero-order valence-corrected chi connectivity index (χ0v) is 19.6. The maximum absolute atomic E-state index is 12.9. The Morgan fingerprint density at radius 3 is 2.20 bits per heavy atom. The van der Waals surface area contributed by atoms with Gasteiger partial charge in [0.15, 0.2) is 6.04 Å². The van der Waals surface area contributed by atoms with Gasteiger partial charge in [-0.15, -0.1) is 0 Å². The van der Waals surface area contributed by atoms with E-state index < -0.39 is 30.1 Å². The van der Waals surface area contributed by atoms with Crippen LogP contribution in [-0.4, -0.2) is 45.5 Å². The van der Waals surface area contributed by atoms with Gasteiger partial charge in [0.2, 0.25) is 5.91 Å². The summed E-state index contributed by atoms with van der Waals surface area (Å²) in [6, 6.07) is 15.3. The van der Waals surface area contributed by atoms with E-state index in [1.807, 2.05) is 43.3 Å². The molecule has 0 bridgehead atoms. The van der Waals surface area contributed by atoms with Gasteiger partial charge in [-0.1, -0.05) is 61.9 Å². The lowest BCUT2D eigenvalue weighted by atomic mass is 9.98. The predicted molar refractivity (Wildman–Crippen MR) is 129 cm³/mol. The minimum atomic E-state index is -1.29. The van der Waals surface area contributed by atoms with Crippen molar-refractivity contribution in [3.63, 3.8) is 0 Å². The number of aryl methyl sites for hydroxylation is 1. The molecule has 0 radical (unpaired) electrons. The van der Waals surface area contributed by atoms with Gasteiger partial charge in [-0.05, 0) is 34.7 Å². The highest BCUT2D eigenvalue weighted by Crippen LogP contribution is 2.44. The van der Waals surface area contributed by atoms with Gasteiger partial charge >= 0.3 is 12.1 Å². The minimum absolute atomic E-state index is 0.104. The van der Waals surface area contributed by atoms with Crippen LogP contribution in [0.1, 0.15) is 48.5 Å². The van der Waals surface area contributed by atoms with Gasteiger partial charge in [-0.3, -0.25) is 9.48 Å². The molecule has 4 rings (SSSR count). The highest BCUT2D eigenvalue weighted by Gasteiger charge is 2.31. The molecule has 0 saturated heterocycles. The molecule has 1 aliphatic rings. The Kier molecular flexibility index (Phi) is 7.14. The molecule has 3 aromatic rings. The molecule has 2 atom stereocenters. The number of carboxylic acid groups (broad SMARTS) is 1. The lowest BCUT2D eigenvalue weighted by Crippen LogP contribution is -2.49. The van der Waals surface area contributed by atoms with Crippen molar-refractivity contribution in [2.45, 2.75) is 37.8 Å². The maximum Gasteiger partial charge on any atom is 0.407 e. The second-order valence-corrected chi connectivity index (χ2v) is 8.47. The summed E-state index contributed by atoms with van der Waals surface area (Å²) in [6.07, 6.45) is 1.65. The first-order valence-electron chi connectivity index (χ1n) is 11.5. The Labute approximate surface area is 203 Å². The van der Waals surface area contributed by atoms with E-state index >= 15 is 0 Å². The van der Waals surface area contributed by atoms with Crippen molar-refractivity contribution in [1.29, 1.82) is 0 Å². The topological polar surface area (TPSA) is 123 Å². The second kappa shape index (κ2) is 10.4. The number of benzene rings is 2. The molecule has 0 fully saturated rings. The molecule has 2 aromatic carbocycles. The van der Waals surface area contributed by atoms with E-state index in [0.29, 0.717) is 18.5 Å². The number of hydrogen-bond donors (Lipinski definition) is 3. The van der Waals surface area contributed by atoms with E-state index in [0.717, 1.165) is 22.3 Å². The molecular weight excluding hydrogens is 448 g/mol. The van der Waals surface area contributed by atoms with Crippen molar-refractivity contribution in [2.24, 2.45) is 7.05 Å². The number of fused-ring (bicyclic) bond motifs is 3. The number of hydrogen-bond acceptors (Lipinski definition) is 5. The van der Waals surface area contributed by atoms with Gasteiger partial charge in [-0.25, -0.2) is 9.59 Å². The van der Waals surface area contributed by atoms with Crippen molar-refractivity contribution in [1.82, 2.24) is 20.4 Å². The van der Waals surface area contributed by atoms with Crippen molar-refractivity contribution in [3.05, 3.63) is 77.6 Å². The van der Waals surface area contributed by atoms with E-state index in [1.54, 1.807) is 7.05 Å². The fourth-order valence-corrected chi connectivity index (χ4v) is 4.51. The molecule has 35 heavy (non-hydrogen) atoms. The summed E-state index contributed by atoms with van der Waals surface area (Å²) in [5, 5.41) is 18.7. The Bertz CT molecular complexity index is 1190. The van der Waals surface area contributed by atoms with Crippen LogP contribution in [0, 0.1) is 0 Å². The van der Waals surface area contributed by atoms with Gasteiger partial charge in [-0.2, -0.15) is 5.10 Å². The number of aromatic nitrogens is 2. The smallest absolute Gasteiger partial charge is 0.407 e. The number of carbonyl (C=O) groups excluding carboxylic acids is 2. The van der Waals surface area contributed by atoms with Gasteiger partial charge in [0.1, 0.15) is 12.6 Å². The van der Waals surface area contributed by atoms with Gasteiger partial charge in [0, 0.05) is 19.2 Å². The molecule has 9 heteroatoms. The number of aliphatic carboxylic acids is 1. The van der Waals surface area contributed by atoms with Gasteiger partial charge in [0.05, 0.1) is 5.69 Å². The number of nitrogens with one attached hydrogen (secondary N) is 2. The molecule has 2 amide bonds. The first kappa shape index (κ1) is 24.0. The third-order valence-corrected chi connectivity index (χ3v) is 6.22. The molecule has 0 spiro atoms. The summed E-state index contributed by atoms with van der Waals surface area (Å²) in [5.41, 5.74) is 4.74. The van der Waals surface area contributed by atoms with Crippen LogP contribution in [0.5, 0.6) is 0 Å². The fourth-order valence-electron chi connectivity index (χ4n) is 4.51. The lowest BCUT2D eigenvalue weighted by Gasteiger charge is -2.22. The molecule has 182 valence electrons. The summed E-state index contributed by atoms with van der Waals surface area (Å²) >= 11 is 0. The first-order valence-corrected chi connectivity index (χ1v) is 11.5. The van der Waals surface area contributed by atoms with Crippen molar-refractivity contribution >= 4 is 18.0 Å². The van der Waals surface area contributed by atoms with Crippen LogP contribution in [0.4, 0.5) is 4.79 Å². The summed E-state index contributed by atoms with van der Waals surface area (Å²) in [4.78, 5) is 37.3. The molecule has 9 nitrogen and oxygen atoms in total. The van der Waals surface area contributed by atoms with Crippen molar-refractivity contribution in [2.75, 3.05) is 6.61 Å². The Balaban J connectivity index is 1.42. The van der Waals surface area contributed by atoms with Crippen LogP contribution >= 0.6 is 0 Å². The van der Waals surface area contributed by atoms with E-state index in [4.69, 9.17) is 4.74 Å². The quantitative estimate of drug-likeness (QED) is 0.435. The summed E-state index contributed by atoms with van der Waals surface area (Å²) in [7, 11) is 1.59. The van der Waals surface area contributed by atoms with Crippen LogP contribution in [0.15, 0.2) is 60.8 Å². The SMILES string of the molecule is CCC[C@@H](NC(=O)OCC1c2ccccc2-c2ccccc21)C(=O)NC(C(=O)O)c1ccnn1C. The number of alkyl carbamates (subject to hydrolysis) is 1. The Hall–Kier alpha value is -4.14. The highest BCUT2D eigenvalue weighted by molar-refractivity contribution is 5.89. The molecule has 0 aliphatic heterocycles. The monoisotopic (exact) mass is 476 g/mol. The van der Waals surface area contributed by atoms with Crippen LogP contribution in [-0.2, 0) is 21.4 Å². The summed E-state index contributed by atoms with van der Waals surface area (Å²) in [5.74, 6) is -1.93. The average Bonchev–Trinajstić information content (AvgIpc) is 3.41. The van der Waals surface area contributed by atoms with Crippen LogP contribution < -0.4 is 10.6 Å². The lowest BCUT2D eigenvalue weighted by molar-refractivity contribution is -0.142. The Morgan fingerprint density at radius 2 is 1.66 bits per heavy atom. The zero-order valence-electron chi connectivity index (χ0n) is 19.6. The van der Waals surface area contributed by atoms with Crippen molar-refractivity contribution < 1.29 is 24.2 Å². The normalized spacial score (nSPS) is 13.9. The summed E-state index contributed by atoms with van der Waals surface area (Å²) < 4.78 is 6.93. The van der Waals surface area contributed by atoms with Crippen LogP contribution in [0.2, 0.25) is 0 Å². The minimum Gasteiger partial charge on any atom is -0.479 e. The van der Waals surface area contributed by atoms with E-state index in [2.05, 4.69) is 27.9 Å². The largest absolute Gasteiger partial charge is 0.479 e. The molecule has 1 heterocycles. The second-order valence-electron chi connectivity index (χ2n) is 8.47. The van der Waals surface area contributed by atoms with Crippen LogP contribution in [0.3, 0.4) is 0 Å². The summed E-state index contributed by atoms with van der Waals surface area (Å²) in [6.45, 7) is 1.99. The standard InChI is InChI=1S/C26H28N4O5/c1-3-8-21(24(31)29-23(25(32)33)22-13-14-27-30(22)2)28-26(34)35-15-20-18-11-6-4-9-16(18)17-10-5-7-12-19(17)20/h4-7,9-14,20-21,23H,3,8,15H2,1-2H3,(H,28,34)(H,29,31)(H,32,33)/t21-,23?/m1/s1. The zero-order chi connectivity index (χ0) is 24.9. The van der Waals surface area contributed by atoms with Gasteiger partial charge < -0.3 is 20.5 Å². The third-order valence-electron chi connectivity index (χ3n) is 6.22. The highest BCUT2D eigenvalue weighted by atomic mass is 16.5. The average molecular weight is 477 g/mol. The number of ether oxygens (including phenoxy) is 1. The number of carbonyl (C=O) groups is 3. The number of amides is 2. The fraction of sp³-hybridized carbons (Fsp3) is 0.308. The molecule has 1 unspecified atom stereocenters. The number of nitrogens with zero attached hydrogens (tertiary/aromatic N) is 2. The van der Waals surface area contributed by atoms with Crippen molar-refractivity contribution in [3.8, 4) is 11.1 Å².